The molecule has 0 amide bonds. The predicted molar refractivity (Wildman–Crippen MR) is 78.6 cm³/mol. The van der Waals surface area contributed by atoms with Crippen LogP contribution in [0.25, 0.3) is 0 Å². The SMILES string of the molecule is Cc1cccc(C(c2ccco2)N2CCCNCC2)n1. The van der Waals surface area contributed by atoms with E-state index in [0.717, 1.165) is 49.7 Å². The van der Waals surface area contributed by atoms with Crippen LogP contribution in [0.2, 0.25) is 0 Å². The molecule has 0 bridgehead atoms. The van der Waals surface area contributed by atoms with Crippen LogP contribution in [0.3, 0.4) is 0 Å². The van der Waals surface area contributed by atoms with Crippen LogP contribution in [0, 0.1) is 6.92 Å². The first kappa shape index (κ1) is 13.3. The zero-order valence-corrected chi connectivity index (χ0v) is 11.9. The molecule has 1 aliphatic heterocycles. The van der Waals surface area contributed by atoms with E-state index in [1.165, 1.54) is 0 Å². The summed E-state index contributed by atoms with van der Waals surface area (Å²) in [5, 5.41) is 3.45. The number of nitrogens with zero attached hydrogens (tertiary/aromatic N) is 2. The highest BCUT2D eigenvalue weighted by Crippen LogP contribution is 2.28. The molecule has 0 aliphatic carbocycles. The lowest BCUT2D eigenvalue weighted by molar-refractivity contribution is 0.212. The van der Waals surface area contributed by atoms with E-state index in [1.807, 2.05) is 25.1 Å². The van der Waals surface area contributed by atoms with Crippen molar-refractivity contribution in [2.75, 3.05) is 26.2 Å². The second-order valence-electron chi connectivity index (χ2n) is 5.26. The molecule has 3 heterocycles. The smallest absolute Gasteiger partial charge is 0.127 e. The van der Waals surface area contributed by atoms with Crippen molar-refractivity contribution in [3.05, 3.63) is 53.7 Å². The zero-order valence-electron chi connectivity index (χ0n) is 11.9. The van der Waals surface area contributed by atoms with Crippen LogP contribution in [0.15, 0.2) is 41.0 Å². The van der Waals surface area contributed by atoms with E-state index in [9.17, 15) is 0 Å². The van der Waals surface area contributed by atoms with Gasteiger partial charge >= 0.3 is 0 Å². The van der Waals surface area contributed by atoms with Crippen molar-refractivity contribution in [1.29, 1.82) is 0 Å². The van der Waals surface area contributed by atoms with Crippen LogP contribution in [0.5, 0.6) is 0 Å². The van der Waals surface area contributed by atoms with E-state index in [2.05, 4.69) is 22.3 Å². The number of aromatic nitrogens is 1. The Morgan fingerprint density at radius 2 is 2.15 bits per heavy atom. The van der Waals surface area contributed by atoms with Gasteiger partial charge in [0.25, 0.3) is 0 Å². The highest BCUT2D eigenvalue weighted by Gasteiger charge is 2.26. The number of pyridine rings is 1. The lowest BCUT2D eigenvalue weighted by Gasteiger charge is -2.28. The first-order valence-electron chi connectivity index (χ1n) is 7.26. The van der Waals surface area contributed by atoms with Gasteiger partial charge in [-0.05, 0) is 44.2 Å². The second kappa shape index (κ2) is 6.20. The van der Waals surface area contributed by atoms with Gasteiger partial charge in [-0.15, -0.1) is 0 Å². The summed E-state index contributed by atoms with van der Waals surface area (Å²) in [5.41, 5.74) is 2.12. The molecule has 3 rings (SSSR count). The molecule has 1 saturated heterocycles. The fraction of sp³-hybridized carbons (Fsp3) is 0.438. The quantitative estimate of drug-likeness (QED) is 0.930. The monoisotopic (exact) mass is 271 g/mol. The minimum Gasteiger partial charge on any atom is -0.467 e. The molecule has 1 unspecified atom stereocenters. The number of furan rings is 1. The lowest BCUT2D eigenvalue weighted by Crippen LogP contribution is -2.33. The number of nitrogens with one attached hydrogen (secondary N) is 1. The van der Waals surface area contributed by atoms with E-state index in [1.54, 1.807) is 6.26 Å². The summed E-state index contributed by atoms with van der Waals surface area (Å²) in [6, 6.07) is 10.3. The van der Waals surface area contributed by atoms with Crippen molar-refractivity contribution in [1.82, 2.24) is 15.2 Å². The molecule has 0 aromatic carbocycles. The lowest BCUT2D eigenvalue weighted by atomic mass is 10.1. The predicted octanol–water partition coefficient (Wildman–Crippen LogP) is 2.37. The molecule has 4 heteroatoms. The second-order valence-corrected chi connectivity index (χ2v) is 5.26. The number of hydrogen-bond acceptors (Lipinski definition) is 4. The van der Waals surface area contributed by atoms with Gasteiger partial charge in [0.05, 0.1) is 12.0 Å². The van der Waals surface area contributed by atoms with Crippen molar-refractivity contribution >= 4 is 0 Å². The van der Waals surface area contributed by atoms with E-state index >= 15 is 0 Å². The topological polar surface area (TPSA) is 41.3 Å². The highest BCUT2D eigenvalue weighted by atomic mass is 16.3. The van der Waals surface area contributed by atoms with Gasteiger partial charge < -0.3 is 9.73 Å². The maximum atomic E-state index is 5.68. The summed E-state index contributed by atoms with van der Waals surface area (Å²) in [5.74, 6) is 0.977. The van der Waals surface area contributed by atoms with E-state index in [0.29, 0.717) is 0 Å². The molecular weight excluding hydrogens is 250 g/mol. The third-order valence-electron chi connectivity index (χ3n) is 3.74. The Morgan fingerprint density at radius 3 is 2.95 bits per heavy atom. The van der Waals surface area contributed by atoms with Gasteiger partial charge in [0.15, 0.2) is 0 Å². The van der Waals surface area contributed by atoms with Crippen LogP contribution >= 0.6 is 0 Å². The molecular formula is C16H21N3O. The van der Waals surface area contributed by atoms with Gasteiger partial charge in [0.1, 0.15) is 11.8 Å². The normalized spacial score (nSPS) is 18.6. The highest BCUT2D eigenvalue weighted by molar-refractivity contribution is 5.22. The van der Waals surface area contributed by atoms with Gasteiger partial charge in [-0.1, -0.05) is 6.07 Å². The van der Waals surface area contributed by atoms with E-state index in [-0.39, 0.29) is 6.04 Å². The van der Waals surface area contributed by atoms with Crippen molar-refractivity contribution < 1.29 is 4.42 Å². The van der Waals surface area contributed by atoms with Gasteiger partial charge in [-0.3, -0.25) is 9.88 Å². The first-order chi connectivity index (χ1) is 9.84. The summed E-state index contributed by atoms with van der Waals surface area (Å²) >= 11 is 0. The molecule has 4 nitrogen and oxygen atoms in total. The van der Waals surface area contributed by atoms with Crippen LogP contribution in [-0.4, -0.2) is 36.1 Å². The van der Waals surface area contributed by atoms with E-state index < -0.39 is 0 Å². The zero-order chi connectivity index (χ0) is 13.8. The van der Waals surface area contributed by atoms with Crippen molar-refractivity contribution in [3.8, 4) is 0 Å². The molecule has 106 valence electrons. The van der Waals surface area contributed by atoms with Gasteiger partial charge in [0, 0.05) is 25.3 Å². The maximum Gasteiger partial charge on any atom is 0.127 e. The van der Waals surface area contributed by atoms with Gasteiger partial charge in [-0.25, -0.2) is 0 Å². The summed E-state index contributed by atoms with van der Waals surface area (Å²) in [7, 11) is 0. The number of aryl methyl sites for hydroxylation is 1. The Bertz CT molecular complexity index is 530. The summed E-state index contributed by atoms with van der Waals surface area (Å²) in [4.78, 5) is 7.17. The Balaban J connectivity index is 1.95. The molecule has 1 aliphatic rings. The van der Waals surface area contributed by atoms with Crippen molar-refractivity contribution in [2.45, 2.75) is 19.4 Å². The minimum absolute atomic E-state index is 0.116. The van der Waals surface area contributed by atoms with Crippen LogP contribution in [-0.2, 0) is 0 Å². The molecule has 2 aromatic heterocycles. The maximum absolute atomic E-state index is 5.68. The Hall–Kier alpha value is -1.65. The third kappa shape index (κ3) is 2.92. The van der Waals surface area contributed by atoms with Crippen molar-refractivity contribution in [3.63, 3.8) is 0 Å². The van der Waals surface area contributed by atoms with Crippen LogP contribution in [0.4, 0.5) is 0 Å². The van der Waals surface area contributed by atoms with E-state index in [4.69, 9.17) is 9.40 Å². The molecule has 20 heavy (non-hydrogen) atoms. The summed E-state index contributed by atoms with van der Waals surface area (Å²) < 4.78 is 5.68. The molecule has 1 atom stereocenters. The minimum atomic E-state index is 0.116. The van der Waals surface area contributed by atoms with Crippen molar-refractivity contribution in [2.24, 2.45) is 0 Å². The molecule has 1 fully saturated rings. The summed E-state index contributed by atoms with van der Waals surface area (Å²) in [6.45, 7) is 6.22. The first-order valence-corrected chi connectivity index (χ1v) is 7.26. The fourth-order valence-electron chi connectivity index (χ4n) is 2.80. The van der Waals surface area contributed by atoms with Crippen LogP contribution < -0.4 is 5.32 Å². The molecule has 0 saturated carbocycles. The van der Waals surface area contributed by atoms with Gasteiger partial charge in [0.2, 0.25) is 0 Å². The fourth-order valence-corrected chi connectivity index (χ4v) is 2.80. The molecule has 0 radical (unpaired) electrons. The van der Waals surface area contributed by atoms with Crippen LogP contribution in [0.1, 0.15) is 29.6 Å². The Labute approximate surface area is 119 Å². The molecule has 1 N–H and O–H groups in total. The average molecular weight is 271 g/mol. The Kier molecular flexibility index (Phi) is 4.14. The third-order valence-corrected chi connectivity index (χ3v) is 3.74. The molecule has 2 aromatic rings. The largest absolute Gasteiger partial charge is 0.467 e. The molecule has 0 spiro atoms. The van der Waals surface area contributed by atoms with Gasteiger partial charge in [-0.2, -0.15) is 0 Å². The number of hydrogen-bond donors (Lipinski definition) is 1. The standard InChI is InChI=1S/C16H21N3O/c1-13-5-2-6-14(18-13)16(15-7-3-12-20-15)19-10-4-8-17-9-11-19/h2-3,5-7,12,16-17H,4,8-11H2,1H3. The number of rotatable bonds is 3. The Morgan fingerprint density at radius 1 is 1.20 bits per heavy atom. The average Bonchev–Trinajstić information content (AvgIpc) is 2.83. The summed E-state index contributed by atoms with van der Waals surface area (Å²) in [6.07, 6.45) is 2.90.